The monoisotopic (exact) mass is 379 g/mol. The molecule has 0 saturated carbocycles. The van der Waals surface area contributed by atoms with Gasteiger partial charge in [-0.15, -0.1) is 22.7 Å². The highest BCUT2D eigenvalue weighted by Gasteiger charge is 2.19. The first-order chi connectivity index (χ1) is 11.5. The molecule has 0 aliphatic rings. The average Bonchev–Trinajstić information content (AvgIpc) is 3.18. The number of hydrogen-bond donors (Lipinski definition) is 1. The Kier molecular flexibility index (Phi) is 4.61. The molecule has 2 aromatic heterocycles. The number of halogens is 1. The van der Waals surface area contributed by atoms with Gasteiger partial charge in [-0.3, -0.25) is 14.9 Å². The molecule has 24 heavy (non-hydrogen) atoms. The normalized spacial score (nSPS) is 10.6. The van der Waals surface area contributed by atoms with Gasteiger partial charge >= 0.3 is 0 Å². The number of thiazole rings is 1. The number of aromatic nitrogens is 1. The number of carbonyl (C=O) groups is 1. The third-order valence-electron chi connectivity index (χ3n) is 3.14. The smallest absolute Gasteiger partial charge is 0.289 e. The number of rotatable bonds is 4. The Bertz CT molecular complexity index is 922. The minimum Gasteiger partial charge on any atom is -0.321 e. The number of benzene rings is 1. The van der Waals surface area contributed by atoms with Crippen molar-refractivity contribution in [2.45, 2.75) is 6.92 Å². The summed E-state index contributed by atoms with van der Waals surface area (Å²) < 4.78 is 0. The van der Waals surface area contributed by atoms with Crippen LogP contribution in [-0.4, -0.2) is 15.8 Å². The van der Waals surface area contributed by atoms with Crippen molar-refractivity contribution in [2.75, 3.05) is 5.32 Å². The Morgan fingerprint density at radius 3 is 2.83 bits per heavy atom. The van der Waals surface area contributed by atoms with Gasteiger partial charge in [0.25, 0.3) is 11.6 Å². The zero-order chi connectivity index (χ0) is 17.3. The van der Waals surface area contributed by atoms with Gasteiger partial charge < -0.3 is 5.32 Å². The van der Waals surface area contributed by atoms with E-state index in [0.29, 0.717) is 16.3 Å². The maximum absolute atomic E-state index is 12.4. The van der Waals surface area contributed by atoms with Crippen LogP contribution in [0.1, 0.15) is 15.4 Å². The minimum absolute atomic E-state index is 0.0203. The average molecular weight is 380 g/mol. The summed E-state index contributed by atoms with van der Waals surface area (Å²) in [5.74, 6) is -0.357. The number of nitro benzene ring substituents is 1. The van der Waals surface area contributed by atoms with E-state index in [1.165, 1.54) is 29.5 Å². The van der Waals surface area contributed by atoms with Crippen LogP contribution in [0.5, 0.6) is 0 Å². The van der Waals surface area contributed by atoms with Crippen LogP contribution in [-0.2, 0) is 0 Å². The van der Waals surface area contributed by atoms with Crippen molar-refractivity contribution in [1.82, 2.24) is 4.98 Å². The van der Waals surface area contributed by atoms with E-state index in [1.807, 2.05) is 17.5 Å². The molecule has 0 bridgehead atoms. The van der Waals surface area contributed by atoms with E-state index < -0.39 is 4.92 Å². The number of aryl methyl sites for hydroxylation is 1. The maximum atomic E-state index is 12.4. The molecule has 0 atom stereocenters. The van der Waals surface area contributed by atoms with Crippen molar-refractivity contribution >= 4 is 51.6 Å². The third-order valence-corrected chi connectivity index (χ3v) is 5.65. The topological polar surface area (TPSA) is 85.1 Å². The van der Waals surface area contributed by atoms with Crippen molar-refractivity contribution in [3.63, 3.8) is 0 Å². The molecule has 0 saturated heterocycles. The molecule has 0 unspecified atom stereocenters. The van der Waals surface area contributed by atoms with Crippen LogP contribution in [0.2, 0.25) is 5.02 Å². The molecule has 1 N–H and O–H groups in total. The zero-order valence-electron chi connectivity index (χ0n) is 12.3. The van der Waals surface area contributed by atoms with Gasteiger partial charge in [0.1, 0.15) is 14.9 Å². The minimum atomic E-state index is -0.592. The summed E-state index contributed by atoms with van der Waals surface area (Å²) >= 11 is 8.60. The van der Waals surface area contributed by atoms with Crippen molar-refractivity contribution in [1.29, 1.82) is 0 Å². The summed E-state index contributed by atoms with van der Waals surface area (Å²) in [5, 5.41) is 16.3. The molecule has 122 valence electrons. The molecule has 3 aromatic rings. The molecule has 1 aromatic carbocycles. The molecule has 1 amide bonds. The second-order valence-corrected chi connectivity index (χ2v) is 7.14. The second kappa shape index (κ2) is 6.68. The fourth-order valence-corrected chi connectivity index (χ4v) is 3.98. The van der Waals surface area contributed by atoms with Gasteiger partial charge in [0.05, 0.1) is 15.5 Å². The first kappa shape index (κ1) is 16.6. The first-order valence-electron chi connectivity index (χ1n) is 6.72. The fraction of sp³-hybridized carbons (Fsp3) is 0.0667. The highest BCUT2D eigenvalue weighted by atomic mass is 35.5. The van der Waals surface area contributed by atoms with E-state index in [1.54, 1.807) is 18.3 Å². The quantitative estimate of drug-likeness (QED) is 0.511. The Morgan fingerprint density at radius 1 is 1.38 bits per heavy atom. The van der Waals surface area contributed by atoms with E-state index in [0.717, 1.165) is 9.88 Å². The van der Waals surface area contributed by atoms with Gasteiger partial charge in [0.2, 0.25) is 0 Å². The molecule has 2 heterocycles. The number of nitrogens with zero attached hydrogens (tertiary/aromatic N) is 2. The van der Waals surface area contributed by atoms with Crippen LogP contribution in [0.15, 0.2) is 35.7 Å². The van der Waals surface area contributed by atoms with E-state index in [2.05, 4.69) is 10.3 Å². The summed E-state index contributed by atoms with van der Waals surface area (Å²) in [6, 6.07) is 7.99. The van der Waals surface area contributed by atoms with Crippen molar-refractivity contribution in [3.05, 3.63) is 61.4 Å². The molecule has 6 nitrogen and oxygen atoms in total. The maximum Gasteiger partial charge on any atom is 0.289 e. The van der Waals surface area contributed by atoms with Gasteiger partial charge in [-0.1, -0.05) is 17.7 Å². The summed E-state index contributed by atoms with van der Waals surface area (Å²) in [4.78, 5) is 28.6. The van der Waals surface area contributed by atoms with Crippen LogP contribution in [0, 0.1) is 17.0 Å². The molecule has 0 aliphatic heterocycles. The highest BCUT2D eigenvalue weighted by Crippen LogP contribution is 2.32. The number of hydrogen-bond acceptors (Lipinski definition) is 6. The second-order valence-electron chi connectivity index (χ2n) is 4.79. The fourth-order valence-electron chi connectivity index (χ4n) is 2.03. The lowest BCUT2D eigenvalue weighted by atomic mass is 10.2. The predicted octanol–water partition coefficient (Wildman–Crippen LogP) is 4.99. The van der Waals surface area contributed by atoms with Gasteiger partial charge in [0, 0.05) is 11.8 Å². The Labute approximate surface area is 149 Å². The van der Waals surface area contributed by atoms with Crippen LogP contribution >= 0.6 is 34.3 Å². The standard InChI is InChI=1S/C15H10ClN3O3S2/c1-8-13(24-15(17-8)12-3-2-6-23-12)14(20)18-9-4-5-10(16)11(7-9)19(21)22/h2-7H,1H3,(H,18,20). The predicted molar refractivity (Wildman–Crippen MR) is 96.2 cm³/mol. The lowest BCUT2D eigenvalue weighted by Crippen LogP contribution is -2.11. The first-order valence-corrected chi connectivity index (χ1v) is 8.79. The van der Waals surface area contributed by atoms with E-state index in [-0.39, 0.29) is 16.6 Å². The molecule has 0 spiro atoms. The van der Waals surface area contributed by atoms with Crippen molar-refractivity contribution in [2.24, 2.45) is 0 Å². The number of amides is 1. The van der Waals surface area contributed by atoms with E-state index in [9.17, 15) is 14.9 Å². The Hall–Kier alpha value is -2.29. The summed E-state index contributed by atoms with van der Waals surface area (Å²) in [6.45, 7) is 1.76. The lowest BCUT2D eigenvalue weighted by molar-refractivity contribution is -0.384. The van der Waals surface area contributed by atoms with Crippen molar-refractivity contribution in [3.8, 4) is 9.88 Å². The van der Waals surface area contributed by atoms with Crippen LogP contribution in [0.3, 0.4) is 0 Å². The SMILES string of the molecule is Cc1nc(-c2cccs2)sc1C(=O)Nc1ccc(Cl)c([N+](=O)[O-])c1. The van der Waals surface area contributed by atoms with Crippen LogP contribution < -0.4 is 5.32 Å². The Morgan fingerprint density at radius 2 is 2.17 bits per heavy atom. The molecule has 0 fully saturated rings. The number of thiophene rings is 1. The summed E-state index contributed by atoms with van der Waals surface area (Å²) in [6.07, 6.45) is 0. The van der Waals surface area contributed by atoms with E-state index >= 15 is 0 Å². The summed E-state index contributed by atoms with van der Waals surface area (Å²) in [7, 11) is 0. The molecule has 0 aliphatic carbocycles. The Balaban J connectivity index is 1.86. The number of anilines is 1. The molecular formula is C15H10ClN3O3S2. The number of carbonyl (C=O) groups excluding carboxylic acids is 1. The molecule has 3 rings (SSSR count). The molecule has 9 heteroatoms. The van der Waals surface area contributed by atoms with Gasteiger partial charge in [-0.2, -0.15) is 0 Å². The van der Waals surface area contributed by atoms with Crippen LogP contribution in [0.4, 0.5) is 11.4 Å². The van der Waals surface area contributed by atoms with E-state index in [4.69, 9.17) is 11.6 Å². The van der Waals surface area contributed by atoms with Gasteiger partial charge in [0.15, 0.2) is 0 Å². The van der Waals surface area contributed by atoms with Crippen LogP contribution in [0.25, 0.3) is 9.88 Å². The highest BCUT2D eigenvalue weighted by molar-refractivity contribution is 7.22. The lowest BCUT2D eigenvalue weighted by Gasteiger charge is -2.04. The summed E-state index contributed by atoms with van der Waals surface area (Å²) in [5.41, 5.74) is 0.667. The molecule has 0 radical (unpaired) electrons. The molecular weight excluding hydrogens is 370 g/mol. The van der Waals surface area contributed by atoms with Gasteiger partial charge in [-0.25, -0.2) is 4.98 Å². The van der Waals surface area contributed by atoms with Gasteiger partial charge in [-0.05, 0) is 30.5 Å². The zero-order valence-corrected chi connectivity index (χ0v) is 14.7. The number of nitro groups is 1. The number of nitrogens with one attached hydrogen (secondary N) is 1. The third kappa shape index (κ3) is 3.30. The van der Waals surface area contributed by atoms with Crippen molar-refractivity contribution < 1.29 is 9.72 Å². The largest absolute Gasteiger partial charge is 0.321 e.